The largest absolute Gasteiger partial charge is 0.454 e. The average Bonchev–Trinajstić information content (AvgIpc) is 1.56. The van der Waals surface area contributed by atoms with Crippen molar-refractivity contribution in [1.82, 2.24) is 5.32 Å². The molecular formula is C76H135NO10. The normalized spacial score (nSPS) is 18.7. The number of ether oxygens (including phenoxy) is 3. The van der Waals surface area contributed by atoms with Crippen LogP contribution in [0.5, 0.6) is 0 Å². The van der Waals surface area contributed by atoms with E-state index in [1.165, 1.54) is 186 Å². The van der Waals surface area contributed by atoms with Gasteiger partial charge in [-0.3, -0.25) is 9.59 Å². The van der Waals surface area contributed by atoms with E-state index in [0.717, 1.165) is 89.9 Å². The quantitative estimate of drug-likeness (QED) is 0.0195. The van der Waals surface area contributed by atoms with Gasteiger partial charge < -0.3 is 45.1 Å². The minimum Gasteiger partial charge on any atom is -0.454 e. The van der Waals surface area contributed by atoms with Gasteiger partial charge in [0.25, 0.3) is 0 Å². The van der Waals surface area contributed by atoms with Gasteiger partial charge in [0.05, 0.1) is 25.4 Å². The Kier molecular flexibility index (Phi) is 59.3. The first-order valence-corrected chi connectivity index (χ1v) is 36.4. The highest BCUT2D eigenvalue weighted by Gasteiger charge is 2.47. The van der Waals surface area contributed by atoms with Crippen LogP contribution in [-0.2, 0) is 23.8 Å². The molecular weight excluding hydrogens is 1090 g/mol. The summed E-state index contributed by atoms with van der Waals surface area (Å²) in [7, 11) is 0. The van der Waals surface area contributed by atoms with E-state index in [1.54, 1.807) is 6.08 Å². The number of unbranched alkanes of at least 4 members (excludes halogenated alkanes) is 36. The Balaban J connectivity index is 2.54. The number of hydrogen-bond donors (Lipinski definition) is 6. The van der Waals surface area contributed by atoms with Crippen molar-refractivity contribution in [2.75, 3.05) is 13.2 Å². The molecule has 1 aliphatic heterocycles. The van der Waals surface area contributed by atoms with Gasteiger partial charge in [-0.25, -0.2) is 0 Å². The van der Waals surface area contributed by atoms with E-state index < -0.39 is 67.4 Å². The van der Waals surface area contributed by atoms with Gasteiger partial charge in [-0.2, -0.15) is 0 Å². The van der Waals surface area contributed by atoms with Gasteiger partial charge in [-0.1, -0.05) is 298 Å². The maximum absolute atomic E-state index is 13.5. The molecule has 0 radical (unpaired) electrons. The molecule has 8 atom stereocenters. The van der Waals surface area contributed by atoms with E-state index >= 15 is 0 Å². The fourth-order valence-corrected chi connectivity index (χ4v) is 11.0. The van der Waals surface area contributed by atoms with Crippen LogP contribution in [0.2, 0.25) is 0 Å². The van der Waals surface area contributed by atoms with E-state index in [9.17, 15) is 35.1 Å². The molecule has 0 aliphatic carbocycles. The molecule has 1 heterocycles. The molecule has 1 rings (SSSR count). The Bertz CT molecular complexity index is 1740. The van der Waals surface area contributed by atoms with Gasteiger partial charge in [-0.05, 0) is 103 Å². The second kappa shape index (κ2) is 63.0. The lowest BCUT2D eigenvalue weighted by atomic mass is 9.99. The highest BCUT2D eigenvalue weighted by molar-refractivity contribution is 5.80. The summed E-state index contributed by atoms with van der Waals surface area (Å²) in [6.07, 6.45) is 73.4. The average molecular weight is 1220 g/mol. The zero-order valence-corrected chi connectivity index (χ0v) is 56.1. The third-order valence-corrected chi connectivity index (χ3v) is 16.8. The lowest BCUT2D eigenvalue weighted by Gasteiger charge is -2.41. The third kappa shape index (κ3) is 50.2. The molecule has 0 spiro atoms. The second-order valence-corrected chi connectivity index (χ2v) is 25.0. The van der Waals surface area contributed by atoms with Crippen LogP contribution >= 0.6 is 0 Å². The number of rotatable bonds is 62. The maximum atomic E-state index is 13.5. The molecule has 1 amide bonds. The van der Waals surface area contributed by atoms with Crippen molar-refractivity contribution in [3.05, 3.63) is 85.1 Å². The van der Waals surface area contributed by atoms with Crippen molar-refractivity contribution in [3.8, 4) is 0 Å². The Morgan fingerprint density at radius 1 is 0.448 bits per heavy atom. The number of carbonyl (C=O) groups excluding carboxylic acids is 2. The highest BCUT2D eigenvalue weighted by Crippen LogP contribution is 2.26. The molecule has 11 heteroatoms. The standard InChI is InChI=1S/C76H135NO10/c1-4-7-10-13-16-19-22-24-26-28-30-32-33-34-35-36-37-38-40-42-44-46-49-52-55-58-61-64-71(81)87-74-73(83)72(82)70(65-78)86-76(74)85-66-67(68(79)62-59-56-53-50-47-21-18-15-12-9-6-3)77-75(84)69(80)63-60-57-54-51-48-45-43-41-39-31-29-27-25-23-20-17-14-11-8-5-2/h16-17,19-20,24-27,31,39,43,45,59,62,67-70,72-74,76,78-80,82-83H,4-15,18,21-23,28-30,32-38,40-42,44,46-58,60-61,63-66H2,1-3H3,(H,77,84)/b19-16-,20-17-,26-24-,27-25-,39-31-,45-43-,62-59+. The predicted molar refractivity (Wildman–Crippen MR) is 366 cm³/mol. The first kappa shape index (κ1) is 81.9. The van der Waals surface area contributed by atoms with E-state index in [1.807, 2.05) is 6.08 Å². The van der Waals surface area contributed by atoms with Crippen LogP contribution in [0.4, 0.5) is 0 Å². The van der Waals surface area contributed by atoms with Crippen LogP contribution in [0.1, 0.15) is 323 Å². The van der Waals surface area contributed by atoms with Crippen LogP contribution < -0.4 is 5.32 Å². The summed E-state index contributed by atoms with van der Waals surface area (Å²) in [5, 5.41) is 57.2. The van der Waals surface area contributed by atoms with Crippen molar-refractivity contribution in [2.24, 2.45) is 0 Å². The molecule has 0 aromatic rings. The number of hydrogen-bond acceptors (Lipinski definition) is 10. The molecule has 0 aromatic heterocycles. The number of amides is 1. The Morgan fingerprint density at radius 3 is 1.21 bits per heavy atom. The zero-order chi connectivity index (χ0) is 63.1. The topological polar surface area (TPSA) is 175 Å². The van der Waals surface area contributed by atoms with Crippen molar-refractivity contribution in [2.45, 2.75) is 372 Å². The SMILES string of the molecule is CCCCC/C=C\C/C=C\C/C=C\C/C=C\CCCCCCC(O)C(=O)NC(COC1OC(CO)C(O)C(O)C1OC(=O)CCCCCCCCCCCCCCCCCCC/C=C\C/C=C\CCCCC)C(O)/C=C/CCCCCCCCCCC. The highest BCUT2D eigenvalue weighted by atomic mass is 16.7. The summed E-state index contributed by atoms with van der Waals surface area (Å²) < 4.78 is 17.7. The summed E-state index contributed by atoms with van der Waals surface area (Å²) in [5.74, 6) is -1.21. The van der Waals surface area contributed by atoms with Gasteiger partial charge in [0.15, 0.2) is 12.4 Å². The first-order valence-electron chi connectivity index (χ1n) is 36.4. The summed E-state index contributed by atoms with van der Waals surface area (Å²) in [6.45, 7) is 5.75. The number of aliphatic hydroxyl groups excluding tert-OH is 5. The number of nitrogens with one attached hydrogen (secondary N) is 1. The molecule has 1 saturated heterocycles. The molecule has 0 saturated carbocycles. The van der Waals surface area contributed by atoms with E-state index in [0.29, 0.717) is 12.8 Å². The molecule has 87 heavy (non-hydrogen) atoms. The number of esters is 1. The molecule has 1 aliphatic rings. The smallest absolute Gasteiger partial charge is 0.306 e. The van der Waals surface area contributed by atoms with Crippen LogP contribution in [0.25, 0.3) is 0 Å². The molecule has 0 aromatic carbocycles. The van der Waals surface area contributed by atoms with Crippen molar-refractivity contribution in [1.29, 1.82) is 0 Å². The number of carbonyl (C=O) groups is 2. The summed E-state index contributed by atoms with van der Waals surface area (Å²) in [4.78, 5) is 26.7. The van der Waals surface area contributed by atoms with E-state index in [4.69, 9.17) is 14.2 Å². The van der Waals surface area contributed by atoms with Gasteiger partial charge >= 0.3 is 5.97 Å². The van der Waals surface area contributed by atoms with Crippen LogP contribution in [0.3, 0.4) is 0 Å². The first-order chi connectivity index (χ1) is 42.7. The van der Waals surface area contributed by atoms with Crippen molar-refractivity contribution >= 4 is 11.9 Å². The fraction of sp³-hybridized carbons (Fsp3) is 0.789. The zero-order valence-electron chi connectivity index (χ0n) is 56.1. The van der Waals surface area contributed by atoms with Crippen LogP contribution in [0.15, 0.2) is 85.1 Å². The van der Waals surface area contributed by atoms with Gasteiger partial charge in [0.2, 0.25) is 5.91 Å². The second-order valence-electron chi connectivity index (χ2n) is 25.0. The summed E-state index contributed by atoms with van der Waals surface area (Å²) in [5.41, 5.74) is 0. The predicted octanol–water partition coefficient (Wildman–Crippen LogP) is 18.8. The number of aliphatic hydroxyl groups is 5. The van der Waals surface area contributed by atoms with Gasteiger partial charge in [0.1, 0.15) is 24.4 Å². The molecule has 6 N–H and O–H groups in total. The molecule has 1 fully saturated rings. The number of allylic oxidation sites excluding steroid dienone is 13. The summed E-state index contributed by atoms with van der Waals surface area (Å²) >= 11 is 0. The van der Waals surface area contributed by atoms with E-state index in [-0.39, 0.29) is 19.4 Å². The maximum Gasteiger partial charge on any atom is 0.306 e. The van der Waals surface area contributed by atoms with Crippen LogP contribution in [-0.4, -0.2) is 99.6 Å². The molecule has 504 valence electrons. The molecule has 0 bridgehead atoms. The monoisotopic (exact) mass is 1220 g/mol. The molecule has 8 unspecified atom stereocenters. The third-order valence-electron chi connectivity index (χ3n) is 16.8. The lowest BCUT2D eigenvalue weighted by Crippen LogP contribution is -2.61. The lowest BCUT2D eigenvalue weighted by molar-refractivity contribution is -0.305. The van der Waals surface area contributed by atoms with Crippen molar-refractivity contribution < 1.29 is 49.3 Å². The minimum absolute atomic E-state index is 0.120. The van der Waals surface area contributed by atoms with Gasteiger partial charge in [0, 0.05) is 6.42 Å². The van der Waals surface area contributed by atoms with Gasteiger partial charge in [-0.15, -0.1) is 0 Å². The molecule has 11 nitrogen and oxygen atoms in total. The van der Waals surface area contributed by atoms with Crippen molar-refractivity contribution in [3.63, 3.8) is 0 Å². The van der Waals surface area contributed by atoms with E-state index in [2.05, 4.69) is 99.0 Å². The van der Waals surface area contributed by atoms with Crippen LogP contribution in [0, 0.1) is 0 Å². The Hall–Kier alpha value is -3.16. The summed E-state index contributed by atoms with van der Waals surface area (Å²) in [6, 6.07) is -1.04. The Labute approximate surface area is 533 Å². The fourth-order valence-electron chi connectivity index (χ4n) is 11.0. The minimum atomic E-state index is -1.62. The Morgan fingerprint density at radius 2 is 0.793 bits per heavy atom.